The molecule has 1 aromatic carbocycles. The topological polar surface area (TPSA) is 55.6 Å². The Morgan fingerprint density at radius 2 is 1.96 bits per heavy atom. The second kappa shape index (κ2) is 8.44. The third kappa shape index (κ3) is 4.71. The lowest BCUT2D eigenvalue weighted by molar-refractivity contribution is -0.121. The summed E-state index contributed by atoms with van der Waals surface area (Å²) in [4.78, 5) is 12.2. The van der Waals surface area contributed by atoms with Gasteiger partial charge in [0.05, 0.1) is 23.8 Å². The molecular weight excluding hydrogens is 378 g/mol. The highest BCUT2D eigenvalue weighted by Crippen LogP contribution is 2.45. The summed E-state index contributed by atoms with van der Waals surface area (Å²) in [5, 5.41) is 4.17. The van der Waals surface area contributed by atoms with Crippen molar-refractivity contribution in [3.8, 4) is 11.4 Å². The van der Waals surface area contributed by atoms with Crippen molar-refractivity contribution in [3.05, 3.63) is 47.3 Å². The third-order valence-corrected chi connectivity index (χ3v) is 7.87. The normalized spacial score (nSPS) is 16.0. The number of amides is 1. The van der Waals surface area contributed by atoms with Crippen LogP contribution in [-0.2, 0) is 4.79 Å². The number of nitrogens with zero attached hydrogens (tertiary/aromatic N) is 2. The van der Waals surface area contributed by atoms with Gasteiger partial charge in [-0.2, -0.15) is 5.10 Å². The Morgan fingerprint density at radius 3 is 2.59 bits per heavy atom. The molecule has 2 heterocycles. The maximum absolute atomic E-state index is 12.2. The molecule has 1 amide bonds. The van der Waals surface area contributed by atoms with Crippen molar-refractivity contribution in [2.75, 3.05) is 18.6 Å². The molecule has 1 aliphatic rings. The van der Waals surface area contributed by atoms with Gasteiger partial charge in [0.25, 0.3) is 0 Å². The van der Waals surface area contributed by atoms with E-state index in [1.54, 1.807) is 13.3 Å². The van der Waals surface area contributed by atoms with E-state index >= 15 is 0 Å². The van der Waals surface area contributed by atoms with Crippen LogP contribution >= 0.6 is 23.5 Å². The number of hydrogen-bond donors (Lipinski definition) is 1. The molecule has 0 atom stereocenters. The van der Waals surface area contributed by atoms with E-state index < -0.39 is 0 Å². The SMILES string of the molecule is COc1ccc(-n2c(C)cc(/C=N\NC(=O)CC3(C)SCCS3)c2C)cc1. The van der Waals surface area contributed by atoms with Crippen LogP contribution in [-0.4, -0.2) is 39.4 Å². The van der Waals surface area contributed by atoms with Crippen molar-refractivity contribution in [3.63, 3.8) is 0 Å². The standard InChI is InChI=1S/C20H25N3O2S2/c1-14-11-16(13-21-22-19(24)12-20(3)26-9-10-27-20)15(2)23(14)17-5-7-18(25-4)8-6-17/h5-8,11,13H,9-10,12H2,1-4H3,(H,22,24)/b21-13-. The zero-order valence-corrected chi connectivity index (χ0v) is 17.7. The summed E-state index contributed by atoms with van der Waals surface area (Å²) in [5.41, 5.74) is 6.91. The molecular formula is C20H25N3O2S2. The maximum atomic E-state index is 12.2. The minimum Gasteiger partial charge on any atom is -0.497 e. The van der Waals surface area contributed by atoms with Gasteiger partial charge >= 0.3 is 0 Å². The number of methoxy groups -OCH3 is 1. The number of hydrogen-bond acceptors (Lipinski definition) is 5. The summed E-state index contributed by atoms with van der Waals surface area (Å²) in [6.07, 6.45) is 2.20. The summed E-state index contributed by atoms with van der Waals surface area (Å²) >= 11 is 3.70. The summed E-state index contributed by atoms with van der Waals surface area (Å²) < 4.78 is 7.37. The fourth-order valence-electron chi connectivity index (χ4n) is 3.21. The number of aromatic nitrogens is 1. The van der Waals surface area contributed by atoms with Crippen LogP contribution in [0.3, 0.4) is 0 Å². The van der Waals surface area contributed by atoms with Gasteiger partial charge in [-0.3, -0.25) is 4.79 Å². The van der Waals surface area contributed by atoms with E-state index in [4.69, 9.17) is 4.74 Å². The van der Waals surface area contributed by atoms with E-state index in [1.807, 2.05) is 54.7 Å². The summed E-state index contributed by atoms with van der Waals surface area (Å²) in [5.74, 6) is 3.00. The third-order valence-electron chi connectivity index (χ3n) is 4.57. The van der Waals surface area contributed by atoms with Crippen LogP contribution in [0, 0.1) is 13.8 Å². The Kier molecular flexibility index (Phi) is 6.22. The smallest absolute Gasteiger partial charge is 0.242 e. The molecule has 27 heavy (non-hydrogen) atoms. The zero-order chi connectivity index (χ0) is 19.4. The molecule has 5 nitrogen and oxygen atoms in total. The molecule has 0 spiro atoms. The Bertz CT molecular complexity index is 838. The highest BCUT2D eigenvalue weighted by Gasteiger charge is 2.32. The molecule has 1 N–H and O–H groups in total. The van der Waals surface area contributed by atoms with Gasteiger partial charge < -0.3 is 9.30 Å². The minimum absolute atomic E-state index is 0.0240. The lowest BCUT2D eigenvalue weighted by Crippen LogP contribution is -2.26. The van der Waals surface area contributed by atoms with Gasteiger partial charge in [-0.1, -0.05) is 0 Å². The first-order chi connectivity index (χ1) is 12.9. The molecule has 0 saturated carbocycles. The van der Waals surface area contributed by atoms with Gasteiger partial charge in [0.2, 0.25) is 5.91 Å². The number of hydrazone groups is 1. The van der Waals surface area contributed by atoms with E-state index in [2.05, 4.69) is 35.0 Å². The molecule has 1 aliphatic heterocycles. The van der Waals surface area contributed by atoms with Gasteiger partial charge in [0, 0.05) is 34.1 Å². The van der Waals surface area contributed by atoms with E-state index in [-0.39, 0.29) is 9.99 Å². The van der Waals surface area contributed by atoms with Crippen LogP contribution in [0.2, 0.25) is 0 Å². The molecule has 1 saturated heterocycles. The fourth-order valence-corrected chi connectivity index (χ4v) is 6.04. The number of carbonyl (C=O) groups is 1. The Hall–Kier alpha value is -1.86. The first kappa shape index (κ1) is 19.9. The van der Waals surface area contributed by atoms with Gasteiger partial charge in [-0.05, 0) is 51.1 Å². The quantitative estimate of drug-likeness (QED) is 0.582. The summed E-state index contributed by atoms with van der Waals surface area (Å²) in [7, 11) is 1.66. The van der Waals surface area contributed by atoms with Crippen molar-refractivity contribution < 1.29 is 9.53 Å². The molecule has 2 aromatic rings. The maximum Gasteiger partial charge on any atom is 0.242 e. The second-order valence-corrected chi connectivity index (χ2v) is 10.1. The number of nitrogens with one attached hydrogen (secondary N) is 1. The number of ether oxygens (including phenoxy) is 1. The average molecular weight is 404 g/mol. The van der Waals surface area contributed by atoms with Crippen molar-refractivity contribution in [1.29, 1.82) is 0 Å². The van der Waals surface area contributed by atoms with Crippen LogP contribution in [0.15, 0.2) is 35.4 Å². The number of carbonyl (C=O) groups excluding carboxylic acids is 1. The van der Waals surface area contributed by atoms with Crippen LogP contribution < -0.4 is 10.2 Å². The molecule has 3 rings (SSSR count). The monoisotopic (exact) mass is 403 g/mol. The number of benzene rings is 1. The van der Waals surface area contributed by atoms with E-state index in [1.165, 1.54) is 0 Å². The van der Waals surface area contributed by atoms with Crippen molar-refractivity contribution >= 4 is 35.6 Å². The molecule has 0 unspecified atom stereocenters. The summed E-state index contributed by atoms with van der Waals surface area (Å²) in [6.45, 7) is 6.23. The van der Waals surface area contributed by atoms with Crippen molar-refractivity contribution in [1.82, 2.24) is 9.99 Å². The fraction of sp³-hybridized carbons (Fsp3) is 0.400. The van der Waals surface area contributed by atoms with Crippen LogP contribution in [0.5, 0.6) is 5.75 Å². The Balaban J connectivity index is 1.68. The highest BCUT2D eigenvalue weighted by molar-refractivity contribution is 8.21. The van der Waals surface area contributed by atoms with E-state index in [0.717, 1.165) is 39.9 Å². The number of aryl methyl sites for hydroxylation is 1. The molecule has 0 radical (unpaired) electrons. The van der Waals surface area contributed by atoms with Gasteiger partial charge in [-0.15, -0.1) is 23.5 Å². The molecule has 0 bridgehead atoms. The Morgan fingerprint density at radius 1 is 1.30 bits per heavy atom. The minimum atomic E-state index is -0.0420. The zero-order valence-electron chi connectivity index (χ0n) is 16.1. The van der Waals surface area contributed by atoms with Gasteiger partial charge in [0.15, 0.2) is 0 Å². The van der Waals surface area contributed by atoms with Crippen molar-refractivity contribution in [2.24, 2.45) is 5.10 Å². The Labute approximate surface area is 168 Å². The first-order valence-electron chi connectivity index (χ1n) is 8.85. The second-order valence-electron chi connectivity index (χ2n) is 6.66. The van der Waals surface area contributed by atoms with Crippen LogP contribution in [0.4, 0.5) is 0 Å². The van der Waals surface area contributed by atoms with Gasteiger partial charge in [-0.25, -0.2) is 5.43 Å². The molecule has 144 valence electrons. The lowest BCUT2D eigenvalue weighted by Gasteiger charge is -2.19. The van der Waals surface area contributed by atoms with Crippen LogP contribution in [0.25, 0.3) is 5.69 Å². The molecule has 1 aromatic heterocycles. The molecule has 0 aliphatic carbocycles. The van der Waals surface area contributed by atoms with E-state index in [9.17, 15) is 4.79 Å². The molecule has 1 fully saturated rings. The van der Waals surface area contributed by atoms with E-state index in [0.29, 0.717) is 6.42 Å². The lowest BCUT2D eigenvalue weighted by atomic mass is 10.2. The first-order valence-corrected chi connectivity index (χ1v) is 10.8. The number of rotatable bonds is 6. The molecule has 7 heteroatoms. The predicted molar refractivity (Wildman–Crippen MR) is 115 cm³/mol. The van der Waals surface area contributed by atoms with Crippen molar-refractivity contribution in [2.45, 2.75) is 31.3 Å². The summed E-state index contributed by atoms with van der Waals surface area (Å²) in [6, 6.07) is 10.0. The largest absolute Gasteiger partial charge is 0.497 e. The van der Waals surface area contributed by atoms with Gasteiger partial charge in [0.1, 0.15) is 5.75 Å². The average Bonchev–Trinajstić information content (AvgIpc) is 3.18. The number of thioether (sulfide) groups is 2. The van der Waals surface area contributed by atoms with Crippen LogP contribution in [0.1, 0.15) is 30.3 Å². The highest BCUT2D eigenvalue weighted by atomic mass is 32.2. The predicted octanol–water partition coefficient (Wildman–Crippen LogP) is 4.14.